The minimum atomic E-state index is -0.857. The topological polar surface area (TPSA) is 60.7 Å². The van der Waals surface area contributed by atoms with Gasteiger partial charge in [0, 0.05) is 5.92 Å². The smallest absolute Gasteiger partial charge is 0.0726 e. The van der Waals surface area contributed by atoms with Crippen molar-refractivity contribution in [3.63, 3.8) is 0 Å². The molecule has 0 aromatic carbocycles. The zero-order valence-corrected chi connectivity index (χ0v) is 11.8. The second-order valence-corrected chi connectivity index (χ2v) is 7.05. The number of aliphatic hydroxyl groups excluding tert-OH is 2. The first-order chi connectivity index (χ1) is 8.14. The minimum Gasteiger partial charge on any atom is -0.392 e. The summed E-state index contributed by atoms with van der Waals surface area (Å²) in [4.78, 5) is 0. The second-order valence-electron chi connectivity index (χ2n) is 7.05. The highest BCUT2D eigenvalue weighted by molar-refractivity contribution is 5.25. The summed E-state index contributed by atoms with van der Waals surface area (Å²) in [5.74, 6) is 0.280. The molecule has 0 saturated heterocycles. The molecule has 2 rings (SSSR count). The number of aliphatic hydroxyl groups is 3. The van der Waals surface area contributed by atoms with Crippen LogP contribution in [0.4, 0.5) is 0 Å². The van der Waals surface area contributed by atoms with Gasteiger partial charge in [0.25, 0.3) is 0 Å². The summed E-state index contributed by atoms with van der Waals surface area (Å²) in [6.07, 6.45) is 3.17. The van der Waals surface area contributed by atoms with Crippen LogP contribution >= 0.6 is 0 Å². The van der Waals surface area contributed by atoms with Gasteiger partial charge in [0.05, 0.1) is 17.8 Å². The van der Waals surface area contributed by atoms with E-state index in [1.165, 1.54) is 5.57 Å². The molecule has 0 spiro atoms. The first-order valence-corrected chi connectivity index (χ1v) is 6.94. The van der Waals surface area contributed by atoms with Crippen molar-refractivity contribution in [2.75, 3.05) is 0 Å². The van der Waals surface area contributed by atoms with Crippen molar-refractivity contribution >= 4 is 0 Å². The Hall–Kier alpha value is -0.380. The highest BCUT2D eigenvalue weighted by Gasteiger charge is 2.49. The molecule has 0 radical (unpaired) electrons. The Morgan fingerprint density at radius 2 is 1.94 bits per heavy atom. The largest absolute Gasteiger partial charge is 0.392 e. The predicted molar refractivity (Wildman–Crippen MR) is 71.0 cm³/mol. The van der Waals surface area contributed by atoms with E-state index < -0.39 is 11.7 Å². The summed E-state index contributed by atoms with van der Waals surface area (Å²) in [5.41, 5.74) is 0.314. The summed E-state index contributed by atoms with van der Waals surface area (Å²) in [7, 11) is 0. The molecule has 1 saturated carbocycles. The van der Waals surface area contributed by atoms with Gasteiger partial charge in [0.15, 0.2) is 0 Å². The van der Waals surface area contributed by atoms with Crippen molar-refractivity contribution in [2.24, 2.45) is 17.3 Å². The van der Waals surface area contributed by atoms with Crippen LogP contribution in [0.3, 0.4) is 0 Å². The highest BCUT2D eigenvalue weighted by atomic mass is 16.3. The maximum Gasteiger partial charge on any atom is 0.0726 e. The minimum absolute atomic E-state index is 0.00310. The molecular formula is C15H26O3. The first kappa shape index (κ1) is 14.0. The van der Waals surface area contributed by atoms with Crippen LogP contribution in [0.1, 0.15) is 47.0 Å². The first-order valence-electron chi connectivity index (χ1n) is 6.94. The molecule has 3 N–H and O–H groups in total. The fourth-order valence-electron chi connectivity index (χ4n) is 3.74. The van der Waals surface area contributed by atoms with Gasteiger partial charge in [-0.1, -0.05) is 25.5 Å². The van der Waals surface area contributed by atoms with E-state index in [4.69, 9.17) is 0 Å². The zero-order chi connectivity index (χ0) is 13.7. The second kappa shape index (κ2) is 4.32. The zero-order valence-electron chi connectivity index (χ0n) is 11.8. The molecule has 5 atom stereocenters. The highest BCUT2D eigenvalue weighted by Crippen LogP contribution is 2.53. The molecular weight excluding hydrogens is 228 g/mol. The number of hydrogen-bond donors (Lipinski definition) is 3. The fraction of sp³-hybridized carbons (Fsp3) is 0.867. The predicted octanol–water partition coefficient (Wildman–Crippen LogP) is 1.86. The molecule has 0 aromatic rings. The Morgan fingerprint density at radius 3 is 2.50 bits per heavy atom. The lowest BCUT2D eigenvalue weighted by molar-refractivity contribution is -0.0879. The van der Waals surface area contributed by atoms with Gasteiger partial charge in [-0.05, 0) is 44.4 Å². The van der Waals surface area contributed by atoms with Gasteiger partial charge in [-0.15, -0.1) is 0 Å². The van der Waals surface area contributed by atoms with Crippen LogP contribution in [0.2, 0.25) is 0 Å². The molecule has 0 bridgehead atoms. The molecule has 104 valence electrons. The third-order valence-electron chi connectivity index (χ3n) is 5.25. The van der Waals surface area contributed by atoms with Crippen molar-refractivity contribution < 1.29 is 15.3 Å². The van der Waals surface area contributed by atoms with E-state index >= 15 is 0 Å². The van der Waals surface area contributed by atoms with Crippen molar-refractivity contribution in [1.82, 2.24) is 0 Å². The summed E-state index contributed by atoms with van der Waals surface area (Å²) in [6.45, 7) is 7.93. The fourth-order valence-corrected chi connectivity index (χ4v) is 3.74. The molecule has 0 unspecified atom stereocenters. The van der Waals surface area contributed by atoms with Crippen molar-refractivity contribution in [2.45, 2.75) is 64.8 Å². The molecule has 0 aliphatic heterocycles. The SMILES string of the molecule is C[C@@H]1C[C@H](O)C=C2C[C@H](O)[C@@H](C(C)(C)O)C[C@]21C. The molecule has 1 fully saturated rings. The quantitative estimate of drug-likeness (QED) is 0.626. The average molecular weight is 254 g/mol. The Balaban J connectivity index is 2.33. The van der Waals surface area contributed by atoms with Gasteiger partial charge in [0.2, 0.25) is 0 Å². The molecule has 2 aliphatic rings. The third kappa shape index (κ3) is 2.24. The lowest BCUT2D eigenvalue weighted by Crippen LogP contribution is -2.50. The van der Waals surface area contributed by atoms with Crippen LogP contribution in [-0.2, 0) is 0 Å². The summed E-state index contributed by atoms with van der Waals surface area (Å²) >= 11 is 0. The maximum absolute atomic E-state index is 10.2. The maximum atomic E-state index is 10.2. The molecule has 2 aliphatic carbocycles. The van der Waals surface area contributed by atoms with Crippen LogP contribution in [0, 0.1) is 17.3 Å². The lowest BCUT2D eigenvalue weighted by atomic mass is 9.55. The summed E-state index contributed by atoms with van der Waals surface area (Å²) < 4.78 is 0. The van der Waals surface area contributed by atoms with Gasteiger partial charge in [0.1, 0.15) is 0 Å². The summed E-state index contributed by atoms with van der Waals surface area (Å²) in [6, 6.07) is 0. The van der Waals surface area contributed by atoms with Gasteiger partial charge in [-0.2, -0.15) is 0 Å². The molecule has 0 amide bonds. The molecule has 18 heavy (non-hydrogen) atoms. The van der Waals surface area contributed by atoms with Gasteiger partial charge < -0.3 is 15.3 Å². The van der Waals surface area contributed by atoms with Gasteiger partial charge in [-0.3, -0.25) is 0 Å². The number of fused-ring (bicyclic) bond motifs is 1. The molecule has 0 aromatic heterocycles. The number of hydrogen-bond acceptors (Lipinski definition) is 3. The van der Waals surface area contributed by atoms with E-state index in [9.17, 15) is 15.3 Å². The van der Waals surface area contributed by atoms with E-state index in [0.717, 1.165) is 12.8 Å². The normalized spacial score (nSPS) is 45.4. The van der Waals surface area contributed by atoms with Crippen molar-refractivity contribution in [1.29, 1.82) is 0 Å². The van der Waals surface area contributed by atoms with Crippen molar-refractivity contribution in [3.05, 3.63) is 11.6 Å². The Kier molecular flexibility index (Phi) is 3.37. The third-order valence-corrected chi connectivity index (χ3v) is 5.25. The van der Waals surface area contributed by atoms with Gasteiger partial charge in [-0.25, -0.2) is 0 Å². The average Bonchev–Trinajstić information content (AvgIpc) is 2.19. The van der Waals surface area contributed by atoms with E-state index in [0.29, 0.717) is 12.3 Å². The van der Waals surface area contributed by atoms with E-state index in [-0.39, 0.29) is 17.4 Å². The Morgan fingerprint density at radius 1 is 1.33 bits per heavy atom. The van der Waals surface area contributed by atoms with E-state index in [1.807, 2.05) is 6.08 Å². The Labute approximate surface area is 110 Å². The van der Waals surface area contributed by atoms with Crippen LogP contribution < -0.4 is 0 Å². The van der Waals surface area contributed by atoms with Gasteiger partial charge >= 0.3 is 0 Å². The summed E-state index contributed by atoms with van der Waals surface area (Å²) in [5, 5.41) is 30.3. The van der Waals surface area contributed by atoms with Crippen LogP contribution in [0.5, 0.6) is 0 Å². The molecule has 3 heteroatoms. The van der Waals surface area contributed by atoms with Crippen LogP contribution in [-0.4, -0.2) is 33.1 Å². The van der Waals surface area contributed by atoms with E-state index in [1.54, 1.807) is 13.8 Å². The van der Waals surface area contributed by atoms with E-state index in [2.05, 4.69) is 13.8 Å². The lowest BCUT2D eigenvalue weighted by Gasteiger charge is -2.52. The monoisotopic (exact) mass is 254 g/mol. The molecule has 0 heterocycles. The molecule has 3 nitrogen and oxygen atoms in total. The van der Waals surface area contributed by atoms with Crippen LogP contribution in [0.25, 0.3) is 0 Å². The van der Waals surface area contributed by atoms with Crippen LogP contribution in [0.15, 0.2) is 11.6 Å². The number of rotatable bonds is 1. The van der Waals surface area contributed by atoms with Crippen molar-refractivity contribution in [3.8, 4) is 0 Å². The standard InChI is InChI=1S/C15H26O3/c1-9-5-11(16)6-10-7-13(17)12(14(2,3)18)8-15(9,10)4/h6,9,11-13,16-18H,5,7-8H2,1-4H3/t9-,11+,12+,13+,15+/m1/s1. The Bertz CT molecular complexity index is 355.